The van der Waals surface area contributed by atoms with E-state index < -0.39 is 10.0 Å². The third kappa shape index (κ3) is 2.56. The van der Waals surface area contributed by atoms with Gasteiger partial charge in [0, 0.05) is 5.92 Å². The Bertz CT molecular complexity index is 646. The van der Waals surface area contributed by atoms with E-state index >= 15 is 0 Å². The maximum absolute atomic E-state index is 11.9. The minimum atomic E-state index is -3.87. The lowest BCUT2D eigenvalue weighted by Crippen LogP contribution is -2.12. The Balaban J connectivity index is 2.25. The van der Waals surface area contributed by atoms with Crippen LogP contribution in [-0.2, 0) is 10.0 Å². The number of aromatic nitrogens is 2. The molecule has 0 bridgehead atoms. The average Bonchev–Trinajstić information content (AvgIpc) is 2.86. The van der Waals surface area contributed by atoms with Crippen molar-refractivity contribution in [3.05, 3.63) is 22.7 Å². The van der Waals surface area contributed by atoms with Gasteiger partial charge in [0.2, 0.25) is 5.89 Å². The second-order valence-corrected chi connectivity index (χ2v) is 6.20. The molecule has 0 atom stereocenters. The molecule has 98 valence electrons. The van der Waals surface area contributed by atoms with Crippen LogP contribution in [0, 0.1) is 0 Å². The quantitative estimate of drug-likeness (QED) is 0.920. The number of anilines is 1. The number of hydrogen-bond donors (Lipinski definition) is 1. The zero-order chi connectivity index (χ0) is 13.3. The molecule has 2 rings (SSSR count). The largest absolute Gasteiger partial charge is 0.450 e. The number of hydrogen-bond acceptors (Lipinski definition) is 6. The van der Waals surface area contributed by atoms with Crippen LogP contribution in [0.1, 0.15) is 25.7 Å². The Hall–Kier alpha value is -1.35. The maximum Gasteiger partial charge on any atom is 0.329 e. The molecule has 0 spiro atoms. The maximum atomic E-state index is 11.9. The second kappa shape index (κ2) is 4.73. The van der Waals surface area contributed by atoms with Crippen molar-refractivity contribution in [1.29, 1.82) is 0 Å². The van der Waals surface area contributed by atoms with Crippen molar-refractivity contribution in [2.45, 2.75) is 24.9 Å². The van der Waals surface area contributed by atoms with Crippen LogP contribution in [0.3, 0.4) is 0 Å². The van der Waals surface area contributed by atoms with Crippen LogP contribution in [0.5, 0.6) is 0 Å². The first-order chi connectivity index (χ1) is 8.40. The molecule has 0 aromatic carbocycles. The molecule has 0 saturated carbocycles. The van der Waals surface area contributed by atoms with Gasteiger partial charge in [-0.15, -0.1) is 5.10 Å². The lowest BCUT2D eigenvalue weighted by molar-refractivity contribution is 0.446. The Labute approximate surface area is 112 Å². The minimum Gasteiger partial charge on any atom is -0.450 e. The van der Waals surface area contributed by atoms with E-state index in [2.05, 4.69) is 30.8 Å². The molecule has 0 aliphatic carbocycles. The van der Waals surface area contributed by atoms with Gasteiger partial charge in [-0.1, -0.05) is 18.9 Å². The number of rotatable bonds is 4. The molecule has 18 heavy (non-hydrogen) atoms. The van der Waals surface area contributed by atoms with Crippen LogP contribution in [0.2, 0.25) is 0 Å². The monoisotopic (exact) mass is 335 g/mol. The molecular formula is C9H10BrN3O4S. The molecule has 0 saturated heterocycles. The van der Waals surface area contributed by atoms with Crippen LogP contribution < -0.4 is 4.72 Å². The molecule has 0 amide bonds. The van der Waals surface area contributed by atoms with Crippen molar-refractivity contribution < 1.29 is 17.3 Å². The van der Waals surface area contributed by atoms with Crippen LogP contribution in [0.25, 0.3) is 0 Å². The van der Waals surface area contributed by atoms with Crippen LogP contribution in [-0.4, -0.2) is 18.6 Å². The molecule has 2 aromatic rings. The number of sulfonamides is 1. The Morgan fingerprint density at radius 2 is 2.11 bits per heavy atom. The van der Waals surface area contributed by atoms with Crippen LogP contribution in [0.15, 0.2) is 30.7 Å². The molecule has 0 fully saturated rings. The SMILES string of the molecule is CC(C)c1nnc(NS(=O)(=O)c2occc2Br)o1. The highest BCUT2D eigenvalue weighted by atomic mass is 79.9. The van der Waals surface area contributed by atoms with Gasteiger partial charge in [-0.05, 0) is 22.0 Å². The van der Waals surface area contributed by atoms with Crippen molar-refractivity contribution >= 4 is 32.0 Å². The topological polar surface area (TPSA) is 98.2 Å². The van der Waals surface area contributed by atoms with E-state index in [0.29, 0.717) is 10.4 Å². The van der Waals surface area contributed by atoms with E-state index in [4.69, 9.17) is 8.83 Å². The summed E-state index contributed by atoms with van der Waals surface area (Å²) in [5, 5.41) is 7.07. The summed E-state index contributed by atoms with van der Waals surface area (Å²) in [6.07, 6.45) is 1.26. The highest BCUT2D eigenvalue weighted by molar-refractivity contribution is 9.10. The second-order valence-electron chi connectivity index (χ2n) is 3.76. The number of nitrogens with one attached hydrogen (secondary N) is 1. The molecule has 7 nitrogen and oxygen atoms in total. The van der Waals surface area contributed by atoms with E-state index in [-0.39, 0.29) is 17.0 Å². The molecule has 0 aliphatic heterocycles. The summed E-state index contributed by atoms with van der Waals surface area (Å²) < 4.78 is 36.3. The predicted molar refractivity (Wildman–Crippen MR) is 65.6 cm³/mol. The summed E-state index contributed by atoms with van der Waals surface area (Å²) in [5.41, 5.74) is 0. The Morgan fingerprint density at radius 1 is 1.39 bits per heavy atom. The van der Waals surface area contributed by atoms with Crippen LogP contribution >= 0.6 is 15.9 Å². The highest BCUT2D eigenvalue weighted by Gasteiger charge is 2.24. The smallest absolute Gasteiger partial charge is 0.329 e. The third-order valence-corrected chi connectivity index (χ3v) is 4.12. The summed E-state index contributed by atoms with van der Waals surface area (Å²) >= 11 is 3.06. The van der Waals surface area contributed by atoms with E-state index in [1.807, 2.05) is 13.8 Å². The summed E-state index contributed by atoms with van der Waals surface area (Å²) in [4.78, 5) is 0. The standard InChI is InChI=1S/C9H10BrN3O4S/c1-5(2)7-11-12-9(17-7)13-18(14,15)8-6(10)3-4-16-8/h3-5H,1-2H3,(H,12,13). The zero-order valence-electron chi connectivity index (χ0n) is 9.55. The van der Waals surface area contributed by atoms with Crippen molar-refractivity contribution in [2.24, 2.45) is 0 Å². The van der Waals surface area contributed by atoms with Crippen LogP contribution in [0.4, 0.5) is 6.01 Å². The van der Waals surface area contributed by atoms with Gasteiger partial charge in [-0.25, -0.2) is 4.72 Å². The van der Waals surface area contributed by atoms with E-state index in [9.17, 15) is 8.42 Å². The van der Waals surface area contributed by atoms with Crippen molar-refractivity contribution in [3.8, 4) is 0 Å². The number of nitrogens with zero attached hydrogens (tertiary/aromatic N) is 2. The van der Waals surface area contributed by atoms with Gasteiger partial charge in [0.05, 0.1) is 10.7 Å². The molecule has 0 unspecified atom stereocenters. The first-order valence-corrected chi connectivity index (χ1v) is 7.27. The molecular weight excluding hydrogens is 326 g/mol. The van der Waals surface area contributed by atoms with Gasteiger partial charge in [-0.3, -0.25) is 0 Å². The number of halogens is 1. The summed E-state index contributed by atoms with van der Waals surface area (Å²) in [7, 11) is -3.87. The first kappa shape index (κ1) is 13.1. The lowest BCUT2D eigenvalue weighted by atomic mass is 10.2. The van der Waals surface area contributed by atoms with Gasteiger partial charge >= 0.3 is 6.01 Å². The van der Waals surface area contributed by atoms with E-state index in [1.165, 1.54) is 12.3 Å². The fourth-order valence-electron chi connectivity index (χ4n) is 1.14. The van der Waals surface area contributed by atoms with Crippen molar-refractivity contribution in [3.63, 3.8) is 0 Å². The zero-order valence-corrected chi connectivity index (χ0v) is 11.9. The van der Waals surface area contributed by atoms with Crippen molar-refractivity contribution in [1.82, 2.24) is 10.2 Å². The molecule has 0 radical (unpaired) electrons. The predicted octanol–water partition coefficient (Wildman–Crippen LogP) is 2.35. The lowest BCUT2D eigenvalue weighted by Gasteiger charge is -2.01. The van der Waals surface area contributed by atoms with E-state index in [1.54, 1.807) is 0 Å². The molecule has 1 N–H and O–H groups in total. The first-order valence-electron chi connectivity index (χ1n) is 4.99. The normalized spacial score (nSPS) is 12.0. The summed E-state index contributed by atoms with van der Waals surface area (Å²) in [6, 6.07) is 1.28. The van der Waals surface area contributed by atoms with Gasteiger partial charge in [-0.2, -0.15) is 8.42 Å². The van der Waals surface area contributed by atoms with Gasteiger partial charge in [0.15, 0.2) is 0 Å². The molecule has 2 aromatic heterocycles. The fourth-order valence-corrected chi connectivity index (χ4v) is 2.89. The van der Waals surface area contributed by atoms with Gasteiger partial charge in [0.1, 0.15) is 0 Å². The number of furan rings is 1. The van der Waals surface area contributed by atoms with Gasteiger partial charge < -0.3 is 8.83 Å². The van der Waals surface area contributed by atoms with E-state index in [0.717, 1.165) is 0 Å². The summed E-state index contributed by atoms with van der Waals surface area (Å²) in [6.45, 7) is 3.71. The Morgan fingerprint density at radius 3 is 2.61 bits per heavy atom. The molecule has 0 aliphatic rings. The third-order valence-electron chi connectivity index (χ3n) is 1.98. The average molecular weight is 336 g/mol. The molecule has 2 heterocycles. The summed E-state index contributed by atoms with van der Waals surface area (Å²) in [5.74, 6) is 0.373. The molecule has 9 heteroatoms. The fraction of sp³-hybridized carbons (Fsp3) is 0.333. The Kier molecular flexibility index (Phi) is 3.44. The minimum absolute atomic E-state index is 0.0195. The highest BCUT2D eigenvalue weighted by Crippen LogP contribution is 2.25. The van der Waals surface area contributed by atoms with Crippen molar-refractivity contribution in [2.75, 3.05) is 4.72 Å². The van der Waals surface area contributed by atoms with Gasteiger partial charge in [0.25, 0.3) is 15.1 Å².